The van der Waals surface area contributed by atoms with Crippen LogP contribution in [0.4, 0.5) is 17.6 Å². The summed E-state index contributed by atoms with van der Waals surface area (Å²) in [6, 6.07) is 0.418. The molecule has 9 nitrogen and oxygen atoms in total. The van der Waals surface area contributed by atoms with Crippen molar-refractivity contribution in [3.8, 4) is 11.5 Å². The Bertz CT molecular complexity index is 969. The average molecular weight is 442 g/mol. The van der Waals surface area contributed by atoms with Gasteiger partial charge < -0.3 is 19.5 Å². The number of ether oxygens (including phenoxy) is 2. The molecule has 2 aliphatic heterocycles. The molecule has 0 radical (unpaired) electrons. The molecule has 0 saturated carbocycles. The van der Waals surface area contributed by atoms with Gasteiger partial charge in [-0.2, -0.15) is 21.9 Å². The molecule has 0 unspecified atom stereocenters. The number of halogens is 4. The van der Waals surface area contributed by atoms with Crippen molar-refractivity contribution in [3.63, 3.8) is 0 Å². The van der Waals surface area contributed by atoms with E-state index in [2.05, 4.69) is 9.47 Å². The van der Waals surface area contributed by atoms with Crippen LogP contribution in [0.2, 0.25) is 0 Å². The molecular weight excluding hydrogens is 428 g/mol. The molecule has 0 aliphatic carbocycles. The minimum atomic E-state index is -5.04. The Morgan fingerprint density at radius 2 is 1.69 bits per heavy atom. The number of carboxylic acid groups (broad SMARTS) is 1. The zero-order valence-corrected chi connectivity index (χ0v) is 15.5. The predicted molar refractivity (Wildman–Crippen MR) is 85.2 cm³/mol. The topological polar surface area (TPSA) is 113 Å². The monoisotopic (exact) mass is 442 g/mol. The number of carbonyl (C=O) groups is 2. The second-order valence-electron chi connectivity index (χ2n) is 6.28. The van der Waals surface area contributed by atoms with Crippen LogP contribution in [-0.2, 0) is 19.6 Å². The molecule has 3 rings (SSSR count). The van der Waals surface area contributed by atoms with E-state index < -0.39 is 63.1 Å². The van der Waals surface area contributed by atoms with E-state index in [9.17, 15) is 40.7 Å². The molecule has 1 amide bonds. The van der Waals surface area contributed by atoms with Crippen LogP contribution in [0.15, 0.2) is 23.1 Å². The number of benzene rings is 1. The van der Waals surface area contributed by atoms with E-state index in [4.69, 9.17) is 0 Å². The first kappa shape index (κ1) is 21.1. The van der Waals surface area contributed by atoms with Gasteiger partial charge >= 0.3 is 18.2 Å². The fourth-order valence-corrected chi connectivity index (χ4v) is 4.47. The van der Waals surface area contributed by atoms with Crippen LogP contribution in [0.1, 0.15) is 6.92 Å². The van der Waals surface area contributed by atoms with Crippen molar-refractivity contribution in [1.82, 2.24) is 9.21 Å². The molecule has 1 atom stereocenters. The molecule has 160 valence electrons. The molecule has 2 heterocycles. The van der Waals surface area contributed by atoms with Crippen molar-refractivity contribution >= 4 is 21.9 Å². The van der Waals surface area contributed by atoms with Crippen molar-refractivity contribution in [2.24, 2.45) is 0 Å². The molecule has 1 aromatic carbocycles. The first-order valence-electron chi connectivity index (χ1n) is 8.04. The molecule has 29 heavy (non-hydrogen) atoms. The van der Waals surface area contributed by atoms with Gasteiger partial charge in [0, 0.05) is 32.6 Å². The number of nitrogens with zero attached hydrogens (tertiary/aromatic N) is 2. The lowest BCUT2D eigenvalue weighted by atomic mass is 10.2. The number of carbonyl (C=O) groups excluding carboxylic acids is 1. The van der Waals surface area contributed by atoms with Gasteiger partial charge in [-0.25, -0.2) is 8.42 Å². The normalized spacial score (nSPS) is 23.5. The van der Waals surface area contributed by atoms with Crippen molar-refractivity contribution in [2.45, 2.75) is 30.1 Å². The van der Waals surface area contributed by atoms with Gasteiger partial charge in [0.1, 0.15) is 6.04 Å². The van der Waals surface area contributed by atoms with Gasteiger partial charge in [0.25, 0.3) is 0 Å². The maximum atomic E-state index is 13.4. The molecule has 1 aromatic rings. The number of piperazine rings is 1. The smallest absolute Gasteiger partial charge is 0.480 e. The molecular formula is C15H14F4N2O7S. The molecule has 1 saturated heterocycles. The summed E-state index contributed by atoms with van der Waals surface area (Å²) in [6.45, 7) is 0.313. The average Bonchev–Trinajstić information content (AvgIpc) is 2.61. The van der Waals surface area contributed by atoms with Gasteiger partial charge in [-0.05, 0) is 12.1 Å². The molecule has 1 N–H and O–H groups in total. The summed E-state index contributed by atoms with van der Waals surface area (Å²) in [4.78, 5) is 23.5. The third-order valence-corrected chi connectivity index (χ3v) is 6.30. The van der Waals surface area contributed by atoms with E-state index in [0.717, 1.165) is 11.0 Å². The number of alkyl halides is 4. The second-order valence-corrected chi connectivity index (χ2v) is 8.17. The standard InChI is InChI=1S/C15H14F4N2O7S/c1-8(22)20-4-5-21(10(7-20)13(23)24)29(25,26)9-2-3-11-12(6-9)28-15(18,19)14(16,17)27-11/h2-3,6,10H,4-5,7H2,1H3,(H,23,24)/t10-/m1/s1. The maximum absolute atomic E-state index is 13.4. The first-order chi connectivity index (χ1) is 13.3. The molecule has 0 aromatic heterocycles. The van der Waals surface area contributed by atoms with Gasteiger partial charge in [0.15, 0.2) is 11.5 Å². The summed E-state index contributed by atoms with van der Waals surface area (Å²) < 4.78 is 87.3. The zero-order chi connectivity index (χ0) is 21.8. The van der Waals surface area contributed by atoms with Gasteiger partial charge in [-0.3, -0.25) is 9.59 Å². The fourth-order valence-electron chi connectivity index (χ4n) is 2.88. The Labute approximate surface area is 161 Å². The van der Waals surface area contributed by atoms with Crippen molar-refractivity contribution in [3.05, 3.63) is 18.2 Å². The highest BCUT2D eigenvalue weighted by molar-refractivity contribution is 7.89. The van der Waals surface area contributed by atoms with Crippen LogP contribution < -0.4 is 9.47 Å². The summed E-state index contributed by atoms with van der Waals surface area (Å²) in [5, 5.41) is 9.37. The minimum Gasteiger partial charge on any atom is -0.480 e. The van der Waals surface area contributed by atoms with E-state index >= 15 is 0 Å². The molecule has 14 heteroatoms. The van der Waals surface area contributed by atoms with E-state index in [1.165, 1.54) is 6.92 Å². The fraction of sp³-hybridized carbons (Fsp3) is 0.467. The number of aliphatic carboxylic acids is 1. The Morgan fingerprint density at radius 1 is 1.10 bits per heavy atom. The van der Waals surface area contributed by atoms with E-state index in [1.54, 1.807) is 0 Å². The maximum Gasteiger partial charge on any atom is 0.507 e. The zero-order valence-electron chi connectivity index (χ0n) is 14.6. The first-order valence-corrected chi connectivity index (χ1v) is 9.48. The summed E-state index contributed by atoms with van der Waals surface area (Å²) in [5.74, 6) is -3.73. The quantitative estimate of drug-likeness (QED) is 0.694. The van der Waals surface area contributed by atoms with Crippen LogP contribution in [0.25, 0.3) is 0 Å². The highest BCUT2D eigenvalue weighted by Gasteiger charge is 2.66. The van der Waals surface area contributed by atoms with Crippen LogP contribution in [0.3, 0.4) is 0 Å². The third kappa shape index (κ3) is 3.57. The molecule has 0 spiro atoms. The van der Waals surface area contributed by atoms with E-state index in [1.807, 2.05) is 0 Å². The Hall–Kier alpha value is -2.61. The Kier molecular flexibility index (Phi) is 4.89. The third-order valence-electron chi connectivity index (χ3n) is 4.40. The highest BCUT2D eigenvalue weighted by Crippen LogP contribution is 2.47. The number of carboxylic acids is 1. The summed E-state index contributed by atoms with van der Waals surface area (Å²) in [7, 11) is -4.56. The number of fused-ring (bicyclic) bond motifs is 1. The number of sulfonamides is 1. The van der Waals surface area contributed by atoms with E-state index in [-0.39, 0.29) is 13.1 Å². The lowest BCUT2D eigenvalue weighted by molar-refractivity contribution is -0.391. The molecule has 0 bridgehead atoms. The van der Waals surface area contributed by atoms with Gasteiger partial charge in [-0.1, -0.05) is 0 Å². The van der Waals surface area contributed by atoms with Crippen LogP contribution >= 0.6 is 0 Å². The minimum absolute atomic E-state index is 0.0901. The van der Waals surface area contributed by atoms with Crippen molar-refractivity contribution in [2.75, 3.05) is 19.6 Å². The van der Waals surface area contributed by atoms with Gasteiger partial charge in [0.05, 0.1) is 4.90 Å². The number of hydrogen-bond acceptors (Lipinski definition) is 6. The largest absolute Gasteiger partial charge is 0.507 e. The Balaban J connectivity index is 1.96. The van der Waals surface area contributed by atoms with Crippen LogP contribution in [0.5, 0.6) is 11.5 Å². The van der Waals surface area contributed by atoms with Crippen LogP contribution in [-0.4, -0.2) is 72.5 Å². The summed E-state index contributed by atoms with van der Waals surface area (Å²) in [6.07, 6.45) is -10.0. The Morgan fingerprint density at radius 3 is 2.24 bits per heavy atom. The second kappa shape index (κ2) is 6.73. The van der Waals surface area contributed by atoms with Crippen LogP contribution in [0, 0.1) is 0 Å². The molecule has 2 aliphatic rings. The summed E-state index contributed by atoms with van der Waals surface area (Å²) >= 11 is 0. The number of rotatable bonds is 3. The van der Waals surface area contributed by atoms with Crippen molar-refractivity contribution in [1.29, 1.82) is 0 Å². The highest BCUT2D eigenvalue weighted by atomic mass is 32.2. The predicted octanol–water partition coefficient (Wildman–Crippen LogP) is 0.949. The number of hydrogen-bond donors (Lipinski definition) is 1. The van der Waals surface area contributed by atoms with Crippen molar-refractivity contribution < 1.29 is 50.1 Å². The summed E-state index contributed by atoms with van der Waals surface area (Å²) in [5.41, 5.74) is 0. The number of amides is 1. The SMILES string of the molecule is CC(=O)N1CCN(S(=O)(=O)c2ccc3c(c2)OC(F)(F)C(F)(F)O3)[C@@H](C(=O)O)C1. The lowest BCUT2D eigenvalue weighted by Crippen LogP contribution is -2.58. The van der Waals surface area contributed by atoms with Gasteiger partial charge in [0.2, 0.25) is 15.9 Å². The lowest BCUT2D eigenvalue weighted by Gasteiger charge is -2.38. The van der Waals surface area contributed by atoms with Gasteiger partial charge in [-0.15, -0.1) is 0 Å². The molecule has 1 fully saturated rings. The van der Waals surface area contributed by atoms with E-state index in [0.29, 0.717) is 16.4 Å².